The highest BCUT2D eigenvalue weighted by Gasteiger charge is 2.37. The van der Waals surface area contributed by atoms with E-state index in [1.807, 2.05) is 0 Å². The molecule has 3 rings (SSSR count). The second kappa shape index (κ2) is 8.22. The van der Waals surface area contributed by atoms with Crippen LogP contribution in [0.1, 0.15) is 38.5 Å². The number of sulfone groups is 1. The van der Waals surface area contributed by atoms with Gasteiger partial charge in [0, 0.05) is 30.6 Å². The lowest BCUT2D eigenvalue weighted by Gasteiger charge is -2.43. The largest absolute Gasteiger partial charge is 0.315 e. The zero-order valence-corrected chi connectivity index (χ0v) is 16.2. The Labute approximate surface area is 150 Å². The van der Waals surface area contributed by atoms with Gasteiger partial charge in [0.2, 0.25) is 0 Å². The molecule has 1 aliphatic carbocycles. The van der Waals surface area contributed by atoms with Gasteiger partial charge in [-0.25, -0.2) is 8.42 Å². The van der Waals surface area contributed by atoms with E-state index >= 15 is 0 Å². The van der Waals surface area contributed by atoms with Gasteiger partial charge in [-0.3, -0.25) is 16.0 Å². The molecule has 6 nitrogen and oxygen atoms in total. The normalized spacial score (nSPS) is 41.4. The molecule has 2 heterocycles. The molecule has 0 aromatic rings. The minimum absolute atomic E-state index is 0.0521. The second-order valence-corrected chi connectivity index (χ2v) is 11.3. The maximum absolute atomic E-state index is 11.7. The number of piperazine rings is 1. The molecule has 3 aliphatic rings. The fourth-order valence-electron chi connectivity index (χ4n) is 4.29. The highest BCUT2D eigenvalue weighted by Crippen LogP contribution is 2.31. The van der Waals surface area contributed by atoms with Gasteiger partial charge in [-0.15, -0.1) is 0 Å². The molecule has 3 fully saturated rings. The fraction of sp³-hybridized carbons (Fsp3) is 1.00. The summed E-state index contributed by atoms with van der Waals surface area (Å²) in [7, 11) is -2.90. The van der Waals surface area contributed by atoms with Crippen molar-refractivity contribution in [2.45, 2.75) is 67.4 Å². The van der Waals surface area contributed by atoms with Crippen molar-refractivity contribution in [1.29, 1.82) is 0 Å². The molecule has 4 atom stereocenters. The van der Waals surface area contributed by atoms with E-state index in [1.165, 1.54) is 24.9 Å². The van der Waals surface area contributed by atoms with E-state index in [4.69, 9.17) is 5.73 Å². The van der Waals surface area contributed by atoms with Crippen LogP contribution in [-0.2, 0) is 9.84 Å². The van der Waals surface area contributed by atoms with Gasteiger partial charge >= 0.3 is 0 Å². The Bertz CT molecular complexity index is 502. The molecule has 0 amide bonds. The first-order valence-electron chi connectivity index (χ1n) is 9.22. The molecule has 0 spiro atoms. The first-order valence-corrected chi connectivity index (χ1v) is 12.2. The Morgan fingerprint density at radius 1 is 1.21 bits per heavy atom. The summed E-state index contributed by atoms with van der Waals surface area (Å²) < 4.78 is 23.5. The molecule has 140 valence electrons. The number of hydrogen-bond acceptors (Lipinski definition) is 7. The van der Waals surface area contributed by atoms with E-state index < -0.39 is 9.84 Å². The zero-order valence-electron chi connectivity index (χ0n) is 14.5. The molecular weight excluding hydrogens is 344 g/mol. The van der Waals surface area contributed by atoms with Crippen molar-refractivity contribution >= 4 is 21.6 Å². The van der Waals surface area contributed by atoms with Gasteiger partial charge in [-0.2, -0.15) is 11.8 Å². The van der Waals surface area contributed by atoms with E-state index in [0.717, 1.165) is 44.0 Å². The van der Waals surface area contributed by atoms with E-state index in [9.17, 15) is 8.42 Å². The lowest BCUT2D eigenvalue weighted by molar-refractivity contribution is 0.161. The monoisotopic (exact) mass is 376 g/mol. The molecule has 24 heavy (non-hydrogen) atoms. The highest BCUT2D eigenvalue weighted by molar-refractivity contribution is 8.00. The zero-order chi connectivity index (χ0) is 17.2. The number of nitrogens with one attached hydrogen (secondary N) is 3. The van der Waals surface area contributed by atoms with Crippen molar-refractivity contribution in [3.63, 3.8) is 0 Å². The average molecular weight is 377 g/mol. The van der Waals surface area contributed by atoms with Gasteiger partial charge in [-0.05, 0) is 50.2 Å². The van der Waals surface area contributed by atoms with Crippen LogP contribution in [0.15, 0.2) is 0 Å². The predicted molar refractivity (Wildman–Crippen MR) is 101 cm³/mol. The van der Waals surface area contributed by atoms with Gasteiger partial charge in [0.05, 0.1) is 17.6 Å². The average Bonchev–Trinajstić information content (AvgIpc) is 3.07. The van der Waals surface area contributed by atoms with Gasteiger partial charge in [-0.1, -0.05) is 0 Å². The summed E-state index contributed by atoms with van der Waals surface area (Å²) in [6, 6.07) is 0.216. The number of rotatable bonds is 5. The molecule has 2 aliphatic heterocycles. The third-order valence-electron chi connectivity index (χ3n) is 5.79. The summed E-state index contributed by atoms with van der Waals surface area (Å²) in [5.74, 6) is 1.75. The maximum Gasteiger partial charge on any atom is 0.150 e. The van der Waals surface area contributed by atoms with Crippen LogP contribution >= 0.6 is 11.8 Å². The van der Waals surface area contributed by atoms with Crippen molar-refractivity contribution in [2.75, 3.05) is 25.1 Å². The summed E-state index contributed by atoms with van der Waals surface area (Å²) in [6.07, 6.45) is 7.64. The van der Waals surface area contributed by atoms with Gasteiger partial charge in [0.1, 0.15) is 9.84 Å². The number of hydrogen-bond donors (Lipinski definition) is 4. The quantitative estimate of drug-likeness (QED) is 0.546. The van der Waals surface area contributed by atoms with Crippen LogP contribution in [0, 0.1) is 5.92 Å². The summed E-state index contributed by atoms with van der Waals surface area (Å²) >= 11 is 2.07. The molecule has 4 unspecified atom stereocenters. The second-order valence-electron chi connectivity index (χ2n) is 7.59. The van der Waals surface area contributed by atoms with Crippen LogP contribution in [0.2, 0.25) is 0 Å². The van der Waals surface area contributed by atoms with Crippen molar-refractivity contribution < 1.29 is 8.42 Å². The van der Waals surface area contributed by atoms with E-state index in [1.54, 1.807) is 0 Å². The number of thioether (sulfide) groups is 1. The summed E-state index contributed by atoms with van der Waals surface area (Å²) in [5.41, 5.74) is 6.29. The third-order valence-corrected chi connectivity index (χ3v) is 8.87. The first-order chi connectivity index (χ1) is 11.4. The topological polar surface area (TPSA) is 96.2 Å². The first kappa shape index (κ1) is 18.9. The molecule has 0 bridgehead atoms. The van der Waals surface area contributed by atoms with Crippen LogP contribution in [0.25, 0.3) is 0 Å². The van der Waals surface area contributed by atoms with Gasteiger partial charge < -0.3 is 5.73 Å². The Morgan fingerprint density at radius 2 is 1.96 bits per heavy atom. The van der Waals surface area contributed by atoms with Crippen LogP contribution in [-0.4, -0.2) is 62.4 Å². The minimum atomic E-state index is -2.90. The minimum Gasteiger partial charge on any atom is -0.315 e. The number of nitrogens with two attached hydrogens (primary N) is 1. The lowest BCUT2D eigenvalue weighted by Crippen LogP contribution is -2.70. The van der Waals surface area contributed by atoms with Crippen LogP contribution in [0.5, 0.6) is 0 Å². The van der Waals surface area contributed by atoms with Crippen molar-refractivity contribution in [1.82, 2.24) is 16.0 Å². The van der Waals surface area contributed by atoms with Gasteiger partial charge in [0.15, 0.2) is 0 Å². The van der Waals surface area contributed by atoms with Crippen LogP contribution in [0.3, 0.4) is 0 Å². The lowest BCUT2D eigenvalue weighted by atomic mass is 9.81. The van der Waals surface area contributed by atoms with Crippen molar-refractivity contribution in [2.24, 2.45) is 11.7 Å². The van der Waals surface area contributed by atoms with E-state index in [0.29, 0.717) is 5.92 Å². The molecule has 0 aromatic carbocycles. The van der Waals surface area contributed by atoms with Crippen LogP contribution < -0.4 is 21.7 Å². The predicted octanol–water partition coefficient (Wildman–Crippen LogP) is 0.247. The van der Waals surface area contributed by atoms with E-state index in [2.05, 4.69) is 27.7 Å². The third kappa shape index (κ3) is 4.86. The summed E-state index contributed by atoms with van der Waals surface area (Å²) in [5, 5.41) is 11.3. The van der Waals surface area contributed by atoms with Crippen LogP contribution in [0.4, 0.5) is 0 Å². The summed E-state index contributed by atoms with van der Waals surface area (Å²) in [4.78, 5) is 0. The molecule has 8 heteroatoms. The van der Waals surface area contributed by atoms with Gasteiger partial charge in [0.25, 0.3) is 0 Å². The van der Waals surface area contributed by atoms with Crippen molar-refractivity contribution in [3.05, 3.63) is 0 Å². The SMILES string of the molecule is CS(=O)(=O)C1CCC(C2NC(NCC3CCCS3)CNC2N)CC1. The Kier molecular flexibility index (Phi) is 6.48. The molecule has 0 radical (unpaired) electrons. The molecule has 0 aromatic heterocycles. The van der Waals surface area contributed by atoms with Crippen molar-refractivity contribution in [3.8, 4) is 0 Å². The molecule has 1 saturated carbocycles. The summed E-state index contributed by atoms with van der Waals surface area (Å²) in [6.45, 7) is 1.89. The Hall–Kier alpha value is 0.140. The standard InChI is InChI=1S/C16H32N4O2S2/c1-24(21,22)13-6-4-11(5-7-13)15-16(17)19-10-14(20-15)18-9-12-3-2-8-23-12/h11-16,18-20H,2-10,17H2,1H3. The Morgan fingerprint density at radius 3 is 2.58 bits per heavy atom. The van der Waals surface area contributed by atoms with E-state index in [-0.39, 0.29) is 23.6 Å². The molecule has 2 saturated heterocycles. The smallest absolute Gasteiger partial charge is 0.150 e. The Balaban J connectivity index is 1.49. The molecule has 5 N–H and O–H groups in total. The highest BCUT2D eigenvalue weighted by atomic mass is 32.2. The fourth-order valence-corrected chi connectivity index (χ4v) is 6.63. The maximum atomic E-state index is 11.7. The molecular formula is C16H32N4O2S2.